The van der Waals surface area contributed by atoms with Gasteiger partial charge in [-0.25, -0.2) is 4.79 Å². The molecule has 0 spiro atoms. The lowest BCUT2D eigenvalue weighted by atomic mass is 10.2. The van der Waals surface area contributed by atoms with Crippen molar-refractivity contribution in [1.29, 1.82) is 0 Å². The third kappa shape index (κ3) is 10.9. The van der Waals surface area contributed by atoms with Crippen LogP contribution in [0.5, 0.6) is 11.5 Å². The largest absolute Gasteiger partial charge is 0.380 e. The number of para-hydroxylation sites is 4. The standard InChI is InChI=1S/C25H36N2O7S2/c1-3-5-7-13-19-35(29,30)33-23-17-11-9-15-21(23)26-25(28)27-22-16-10-12-18-24(22)34-36(31,32)20-14-8-6-4-2/h9-12,15-18H,3-8,13-14,19-20H2,1-2H3,(H2,26,27,28). The monoisotopic (exact) mass is 540 g/mol. The normalized spacial score (nSPS) is 11.6. The molecule has 9 nitrogen and oxygen atoms in total. The van der Waals surface area contributed by atoms with Crippen molar-refractivity contribution in [3.63, 3.8) is 0 Å². The number of amides is 2. The van der Waals surface area contributed by atoms with E-state index >= 15 is 0 Å². The van der Waals surface area contributed by atoms with E-state index in [1.807, 2.05) is 13.8 Å². The molecular formula is C25H36N2O7S2. The van der Waals surface area contributed by atoms with Crippen LogP contribution in [0.25, 0.3) is 0 Å². The van der Waals surface area contributed by atoms with Gasteiger partial charge in [0.05, 0.1) is 22.9 Å². The molecule has 0 fully saturated rings. The number of nitrogens with one attached hydrogen (secondary N) is 2. The Hall–Kier alpha value is -2.79. The van der Waals surface area contributed by atoms with Gasteiger partial charge in [-0.1, -0.05) is 76.6 Å². The number of hydrogen-bond acceptors (Lipinski definition) is 7. The molecule has 0 aromatic heterocycles. The number of unbranched alkanes of at least 4 members (excludes halogenated alkanes) is 6. The van der Waals surface area contributed by atoms with Crippen LogP contribution in [0.15, 0.2) is 48.5 Å². The Labute approximate surface area is 214 Å². The van der Waals surface area contributed by atoms with Crippen LogP contribution < -0.4 is 19.0 Å². The molecule has 0 aliphatic rings. The zero-order chi connectivity index (χ0) is 26.4. The topological polar surface area (TPSA) is 128 Å². The predicted octanol–water partition coefficient (Wildman–Crippen LogP) is 5.91. The van der Waals surface area contributed by atoms with Crippen LogP contribution in [-0.4, -0.2) is 34.4 Å². The Morgan fingerprint density at radius 1 is 0.639 bits per heavy atom. The van der Waals surface area contributed by atoms with Gasteiger partial charge in [-0.3, -0.25) is 0 Å². The van der Waals surface area contributed by atoms with Gasteiger partial charge in [0.15, 0.2) is 11.5 Å². The van der Waals surface area contributed by atoms with Gasteiger partial charge in [-0.15, -0.1) is 0 Å². The van der Waals surface area contributed by atoms with Crippen molar-refractivity contribution >= 4 is 37.6 Å². The number of anilines is 2. The van der Waals surface area contributed by atoms with Crippen LogP contribution in [-0.2, 0) is 20.2 Å². The summed E-state index contributed by atoms with van der Waals surface area (Å²) in [5, 5.41) is 5.10. The highest BCUT2D eigenvalue weighted by Gasteiger charge is 2.18. The van der Waals surface area contributed by atoms with Crippen LogP contribution in [0, 0.1) is 0 Å². The highest BCUT2D eigenvalue weighted by Crippen LogP contribution is 2.28. The quantitative estimate of drug-likeness (QED) is 0.200. The summed E-state index contributed by atoms with van der Waals surface area (Å²) in [4.78, 5) is 12.7. The minimum Gasteiger partial charge on any atom is -0.380 e. The van der Waals surface area contributed by atoms with Gasteiger partial charge < -0.3 is 19.0 Å². The zero-order valence-corrected chi connectivity index (χ0v) is 22.5. The molecule has 0 atom stereocenters. The number of hydrogen-bond donors (Lipinski definition) is 2. The van der Waals surface area contributed by atoms with Gasteiger partial charge >= 0.3 is 26.3 Å². The van der Waals surface area contributed by atoms with E-state index in [-0.39, 0.29) is 34.4 Å². The lowest BCUT2D eigenvalue weighted by molar-refractivity contribution is 0.262. The fourth-order valence-electron chi connectivity index (χ4n) is 3.33. The van der Waals surface area contributed by atoms with E-state index in [4.69, 9.17) is 8.37 Å². The molecule has 0 aliphatic heterocycles. The number of rotatable bonds is 16. The minimum atomic E-state index is -3.83. The Bertz CT molecular complexity index is 1090. The molecule has 0 heterocycles. The molecule has 2 aromatic carbocycles. The number of urea groups is 1. The molecule has 0 saturated heterocycles. The predicted molar refractivity (Wildman–Crippen MR) is 143 cm³/mol. The van der Waals surface area contributed by atoms with E-state index < -0.39 is 26.3 Å². The molecular weight excluding hydrogens is 504 g/mol. The summed E-state index contributed by atoms with van der Waals surface area (Å²) in [6.07, 6.45) is 6.42. The van der Waals surface area contributed by atoms with Gasteiger partial charge in [-0.2, -0.15) is 16.8 Å². The average Bonchev–Trinajstić information content (AvgIpc) is 2.82. The van der Waals surface area contributed by atoms with Gasteiger partial charge in [0.2, 0.25) is 0 Å². The van der Waals surface area contributed by atoms with E-state index in [2.05, 4.69) is 10.6 Å². The van der Waals surface area contributed by atoms with E-state index in [0.717, 1.165) is 38.5 Å². The molecule has 0 unspecified atom stereocenters. The molecule has 0 bridgehead atoms. The summed E-state index contributed by atoms with van der Waals surface area (Å²) in [6.45, 7) is 4.08. The van der Waals surface area contributed by atoms with Crippen molar-refractivity contribution < 1.29 is 30.0 Å². The summed E-state index contributed by atoms with van der Waals surface area (Å²) in [5.41, 5.74) is 0.295. The molecule has 200 valence electrons. The molecule has 0 aliphatic carbocycles. The molecule has 2 aromatic rings. The van der Waals surface area contributed by atoms with E-state index in [0.29, 0.717) is 12.8 Å². The SMILES string of the molecule is CCCCCCS(=O)(=O)Oc1ccccc1NC(=O)Nc1ccccc1OS(=O)(=O)CCCCCC. The lowest BCUT2D eigenvalue weighted by Gasteiger charge is -2.15. The summed E-state index contributed by atoms with van der Waals surface area (Å²) in [6, 6.07) is 11.6. The fraction of sp³-hybridized carbons (Fsp3) is 0.480. The van der Waals surface area contributed by atoms with E-state index in [9.17, 15) is 21.6 Å². The van der Waals surface area contributed by atoms with Gasteiger partial charge in [0.25, 0.3) is 0 Å². The van der Waals surface area contributed by atoms with Crippen molar-refractivity contribution in [3.05, 3.63) is 48.5 Å². The van der Waals surface area contributed by atoms with Crippen molar-refractivity contribution in [1.82, 2.24) is 0 Å². The first-order chi connectivity index (χ1) is 17.2. The highest BCUT2D eigenvalue weighted by atomic mass is 32.2. The molecule has 2 N–H and O–H groups in total. The van der Waals surface area contributed by atoms with Crippen LogP contribution in [0.2, 0.25) is 0 Å². The third-order valence-electron chi connectivity index (χ3n) is 5.20. The van der Waals surface area contributed by atoms with Gasteiger partial charge in [0, 0.05) is 0 Å². The van der Waals surface area contributed by atoms with Crippen LogP contribution in [0.3, 0.4) is 0 Å². The first kappa shape index (κ1) is 29.4. The maximum atomic E-state index is 12.7. The van der Waals surface area contributed by atoms with Crippen molar-refractivity contribution in [2.24, 2.45) is 0 Å². The summed E-state index contributed by atoms with van der Waals surface area (Å²) >= 11 is 0. The Balaban J connectivity index is 2.04. The molecule has 11 heteroatoms. The molecule has 2 rings (SSSR count). The highest BCUT2D eigenvalue weighted by molar-refractivity contribution is 7.87. The van der Waals surface area contributed by atoms with Crippen LogP contribution in [0.1, 0.15) is 65.2 Å². The minimum absolute atomic E-state index is 0.0117. The van der Waals surface area contributed by atoms with Crippen molar-refractivity contribution in [2.75, 3.05) is 22.1 Å². The average molecular weight is 541 g/mol. The summed E-state index contributed by atoms with van der Waals surface area (Å²) < 4.78 is 59.9. The van der Waals surface area contributed by atoms with Crippen LogP contribution in [0.4, 0.5) is 16.2 Å². The molecule has 0 saturated carbocycles. The Kier molecular flexibility index (Phi) is 12.0. The Morgan fingerprint density at radius 2 is 1.03 bits per heavy atom. The van der Waals surface area contributed by atoms with E-state index in [1.54, 1.807) is 24.3 Å². The summed E-state index contributed by atoms with van der Waals surface area (Å²) in [7, 11) is -7.66. The van der Waals surface area contributed by atoms with Gasteiger partial charge in [0.1, 0.15) is 0 Å². The molecule has 36 heavy (non-hydrogen) atoms. The first-order valence-electron chi connectivity index (χ1n) is 12.3. The Morgan fingerprint density at radius 3 is 1.42 bits per heavy atom. The second-order valence-corrected chi connectivity index (χ2v) is 11.8. The van der Waals surface area contributed by atoms with Crippen LogP contribution >= 0.6 is 0 Å². The number of carbonyl (C=O) groups is 1. The summed E-state index contributed by atoms with van der Waals surface area (Å²) in [5.74, 6) is -0.263. The zero-order valence-electron chi connectivity index (χ0n) is 20.9. The second-order valence-electron chi connectivity index (χ2n) is 8.38. The van der Waals surface area contributed by atoms with Crippen molar-refractivity contribution in [2.45, 2.75) is 65.2 Å². The van der Waals surface area contributed by atoms with Crippen molar-refractivity contribution in [3.8, 4) is 11.5 Å². The first-order valence-corrected chi connectivity index (χ1v) is 15.4. The lowest BCUT2D eigenvalue weighted by Crippen LogP contribution is -2.22. The second kappa shape index (κ2) is 14.7. The third-order valence-corrected chi connectivity index (χ3v) is 7.64. The number of carbonyl (C=O) groups excluding carboxylic acids is 1. The fourth-order valence-corrected chi connectivity index (χ4v) is 5.45. The van der Waals surface area contributed by atoms with Gasteiger partial charge in [-0.05, 0) is 37.1 Å². The maximum Gasteiger partial charge on any atom is 0.323 e. The molecule has 0 radical (unpaired) electrons. The smallest absolute Gasteiger partial charge is 0.323 e. The maximum absolute atomic E-state index is 12.7. The van der Waals surface area contributed by atoms with E-state index in [1.165, 1.54) is 24.3 Å². The number of benzene rings is 2. The molecule has 2 amide bonds.